The van der Waals surface area contributed by atoms with Gasteiger partial charge in [0.15, 0.2) is 0 Å². The number of hydrogen-bond donors (Lipinski definition) is 1. The van der Waals surface area contributed by atoms with E-state index in [4.69, 9.17) is 7.85 Å². The van der Waals surface area contributed by atoms with Crippen molar-refractivity contribution in [1.82, 2.24) is 0 Å². The van der Waals surface area contributed by atoms with Crippen LogP contribution in [0.15, 0.2) is 11.4 Å². The van der Waals surface area contributed by atoms with Crippen LogP contribution in [0, 0.1) is 0 Å². The summed E-state index contributed by atoms with van der Waals surface area (Å²) in [6.07, 6.45) is 0. The van der Waals surface area contributed by atoms with Gasteiger partial charge in [-0.15, -0.1) is 5.98 Å². The molecule has 0 rings (SSSR count). The summed E-state index contributed by atoms with van der Waals surface area (Å²) in [5, 5.41) is 1.47. The molecule has 0 unspecified atom stereocenters. The largest absolute Gasteiger partial charge is 0.153 e. The highest BCUT2D eigenvalue weighted by molar-refractivity contribution is 7.83. The van der Waals surface area contributed by atoms with Crippen molar-refractivity contribution in [3.8, 4) is 0 Å². The van der Waals surface area contributed by atoms with E-state index in [-0.39, 0.29) is 0 Å². The van der Waals surface area contributed by atoms with Crippen LogP contribution in [0.25, 0.3) is 0 Å². The molecule has 0 fully saturated rings. The maximum atomic E-state index is 4.77. The summed E-state index contributed by atoms with van der Waals surface area (Å²) in [6.45, 7) is 0. The molecule has 2 radical (unpaired) electrons. The Labute approximate surface area is 32.7 Å². The minimum Gasteiger partial charge on any atom is -0.153 e. The highest BCUT2D eigenvalue weighted by atomic mass is 32.1. The lowest BCUT2D eigenvalue weighted by atomic mass is 10.2. The summed E-state index contributed by atoms with van der Waals surface area (Å²) < 4.78 is 0. The van der Waals surface area contributed by atoms with Crippen molar-refractivity contribution in [1.29, 1.82) is 0 Å². The van der Waals surface area contributed by atoms with Crippen LogP contribution in [0.3, 0.4) is 0 Å². The van der Waals surface area contributed by atoms with Crippen molar-refractivity contribution in [2.75, 3.05) is 0 Å². The van der Waals surface area contributed by atoms with Gasteiger partial charge in [0.05, 0.1) is 0 Å². The maximum absolute atomic E-state index is 4.77. The molecular weight excluding hydrogens is 66.9 g/mol. The molecule has 0 atom stereocenters. The summed E-state index contributed by atoms with van der Waals surface area (Å²) in [7, 11) is 4.77. The Balaban J connectivity index is 2.55. The van der Waals surface area contributed by atoms with Gasteiger partial charge in [-0.05, 0) is 5.41 Å². The molecule has 0 saturated heterocycles. The van der Waals surface area contributed by atoms with Gasteiger partial charge in [0, 0.05) is 0 Å². The van der Waals surface area contributed by atoms with Gasteiger partial charge in [0.2, 0.25) is 0 Å². The van der Waals surface area contributed by atoms with Crippen LogP contribution in [0.2, 0.25) is 0 Å². The summed E-state index contributed by atoms with van der Waals surface area (Å²) in [5.41, 5.74) is 0. The molecule has 0 nitrogen and oxygen atoms in total. The Morgan fingerprint density at radius 3 is 2.00 bits per heavy atom. The van der Waals surface area contributed by atoms with E-state index in [2.05, 4.69) is 12.6 Å². The summed E-state index contributed by atoms with van der Waals surface area (Å²) in [5.74, 6) is 1.36. The van der Waals surface area contributed by atoms with E-state index in [1.807, 2.05) is 0 Å². The Bertz CT molecular complexity index is 21.2. The second-order valence-corrected chi connectivity index (χ2v) is 0.640. The van der Waals surface area contributed by atoms with Crippen LogP contribution < -0.4 is 0 Å². The van der Waals surface area contributed by atoms with Crippen LogP contribution in [-0.4, -0.2) is 7.85 Å². The Morgan fingerprint density at radius 2 is 2.00 bits per heavy atom. The van der Waals surface area contributed by atoms with Gasteiger partial charge in [0.1, 0.15) is 7.85 Å². The van der Waals surface area contributed by atoms with Crippen molar-refractivity contribution >= 4 is 20.5 Å². The fourth-order valence-corrected chi connectivity index (χ4v) is 0. The van der Waals surface area contributed by atoms with E-state index < -0.39 is 0 Å². The molecule has 0 amide bonds. The molecule has 0 saturated carbocycles. The zero-order valence-corrected chi connectivity index (χ0v) is 3.07. The number of rotatable bonds is 0. The van der Waals surface area contributed by atoms with Crippen molar-refractivity contribution in [3.05, 3.63) is 11.4 Å². The molecule has 4 heavy (non-hydrogen) atoms. The maximum Gasteiger partial charge on any atom is 0.103 e. The average molecular weight is 69.9 g/mol. The lowest BCUT2D eigenvalue weighted by Gasteiger charge is -1.48. The third-order valence-electron chi connectivity index (χ3n) is 0.0861. The fourth-order valence-electron chi connectivity index (χ4n) is 0. The average Bonchev–Trinajstić information content (AvgIpc) is 1.37. The normalized spacial score (nSPS) is 9.25. The van der Waals surface area contributed by atoms with Gasteiger partial charge < -0.3 is 0 Å². The van der Waals surface area contributed by atoms with Gasteiger partial charge in [-0.2, -0.15) is 12.6 Å². The van der Waals surface area contributed by atoms with Crippen molar-refractivity contribution in [3.63, 3.8) is 0 Å². The monoisotopic (exact) mass is 70.0 g/mol. The molecule has 20 valence electrons. The molecule has 0 aromatic heterocycles. The lowest BCUT2D eigenvalue weighted by molar-refractivity contribution is 2.55. The Kier molecular flexibility index (Phi) is 3.28. The van der Waals surface area contributed by atoms with E-state index in [1.54, 1.807) is 0 Å². The van der Waals surface area contributed by atoms with Crippen molar-refractivity contribution < 1.29 is 0 Å². The first-order valence-electron chi connectivity index (χ1n) is 0.925. The molecule has 0 aliphatic carbocycles. The van der Waals surface area contributed by atoms with E-state index in [1.165, 1.54) is 11.4 Å². The first-order valence-corrected chi connectivity index (χ1v) is 1.44. The SMILES string of the molecule is [B]/C=C/S. The van der Waals surface area contributed by atoms with Crippen molar-refractivity contribution in [2.24, 2.45) is 0 Å². The number of hydrogen-bond acceptors (Lipinski definition) is 1. The van der Waals surface area contributed by atoms with E-state index in [0.717, 1.165) is 0 Å². The topological polar surface area (TPSA) is 0 Å². The molecular formula is C2H3BS. The van der Waals surface area contributed by atoms with E-state index >= 15 is 0 Å². The smallest absolute Gasteiger partial charge is 0.103 e. The molecule has 2 heteroatoms. The second-order valence-electron chi connectivity index (χ2n) is 0.342. The minimum absolute atomic E-state index is 1.36. The first-order chi connectivity index (χ1) is 1.91. The predicted octanol–water partition coefficient (Wildman–Crippen LogP) is 0.556. The second kappa shape index (κ2) is 3.15. The highest BCUT2D eigenvalue weighted by Crippen LogP contribution is 1.65. The van der Waals surface area contributed by atoms with Gasteiger partial charge in [-0.1, -0.05) is 0 Å². The van der Waals surface area contributed by atoms with Gasteiger partial charge in [-0.25, -0.2) is 0 Å². The molecule has 0 N–H and O–H groups in total. The first kappa shape index (κ1) is 4.15. The highest BCUT2D eigenvalue weighted by Gasteiger charge is 1.35. The van der Waals surface area contributed by atoms with E-state index in [0.29, 0.717) is 0 Å². The molecule has 0 aliphatic rings. The molecule has 0 bridgehead atoms. The van der Waals surface area contributed by atoms with Crippen molar-refractivity contribution in [2.45, 2.75) is 0 Å². The summed E-state index contributed by atoms with van der Waals surface area (Å²) in [6, 6.07) is 0. The Hall–Kier alpha value is 0.155. The van der Waals surface area contributed by atoms with Gasteiger partial charge in [-0.3, -0.25) is 0 Å². The quantitative estimate of drug-likeness (QED) is 0.312. The predicted molar refractivity (Wildman–Crippen MR) is 23.9 cm³/mol. The van der Waals surface area contributed by atoms with Crippen LogP contribution in [0.5, 0.6) is 0 Å². The zero-order valence-electron chi connectivity index (χ0n) is 2.18. The van der Waals surface area contributed by atoms with Crippen LogP contribution in [0.1, 0.15) is 0 Å². The third-order valence-corrected chi connectivity index (χ3v) is 0.258. The fraction of sp³-hybridized carbons (Fsp3) is 0. The molecule has 0 aromatic carbocycles. The minimum atomic E-state index is 1.36. The summed E-state index contributed by atoms with van der Waals surface area (Å²) >= 11 is 3.61. The van der Waals surface area contributed by atoms with Crippen LogP contribution >= 0.6 is 12.6 Å². The van der Waals surface area contributed by atoms with Gasteiger partial charge >= 0.3 is 0 Å². The third kappa shape index (κ3) is 2.15. The molecule has 0 aliphatic heterocycles. The van der Waals surface area contributed by atoms with E-state index in [9.17, 15) is 0 Å². The lowest BCUT2D eigenvalue weighted by Crippen LogP contribution is -1.36. The Morgan fingerprint density at radius 1 is 1.75 bits per heavy atom. The number of thiol groups is 1. The molecule has 0 aromatic rings. The van der Waals surface area contributed by atoms with Gasteiger partial charge in [0.25, 0.3) is 0 Å². The standard InChI is InChI=1S/C2H3BS/c3-1-2-4/h1-2,4H/b2-1+. The zero-order chi connectivity index (χ0) is 3.41. The van der Waals surface area contributed by atoms with Crippen LogP contribution in [-0.2, 0) is 0 Å². The molecule has 0 heterocycles. The van der Waals surface area contributed by atoms with Crippen LogP contribution in [0.4, 0.5) is 0 Å². The summed E-state index contributed by atoms with van der Waals surface area (Å²) in [4.78, 5) is 0. The molecule has 0 spiro atoms.